The van der Waals surface area contributed by atoms with Crippen molar-refractivity contribution in [1.82, 2.24) is 10.6 Å². The summed E-state index contributed by atoms with van der Waals surface area (Å²) in [7, 11) is 1.43. The third-order valence-corrected chi connectivity index (χ3v) is 5.57. The predicted molar refractivity (Wildman–Crippen MR) is 123 cm³/mol. The lowest BCUT2D eigenvalue weighted by Crippen LogP contribution is -2.43. The fourth-order valence-corrected chi connectivity index (χ4v) is 3.64. The Morgan fingerprint density at radius 2 is 1.55 bits per heavy atom. The van der Waals surface area contributed by atoms with E-state index in [9.17, 15) is 14.7 Å². The molecule has 0 spiro atoms. The van der Waals surface area contributed by atoms with Crippen LogP contribution in [0.1, 0.15) is 117 Å². The zero-order chi connectivity index (χ0) is 23.2. The van der Waals surface area contributed by atoms with Crippen LogP contribution in [0.5, 0.6) is 0 Å². The second-order valence-corrected chi connectivity index (χ2v) is 8.34. The normalized spacial score (nSPS) is 16.5. The van der Waals surface area contributed by atoms with Crippen LogP contribution < -0.4 is 15.7 Å². The fraction of sp³-hybridized carbons (Fsp3) is 0.917. The number of hydrogen-bond donors (Lipinski definition) is 2. The number of ether oxygens (including phenoxy) is 2. The standard InChI is InChI=1S/C19H37NO2.C5H11NO3/c1-2-3-4-5-6-7-8-9-10-11-12-13-14-15-18-16-17-20-19(21)22-18;1-3-4(9-2)6-5(7)8/h18H,2-17H2,1H3,(H,20,21);4,6H,3H2,1-2H3,(H,7,8)/p-1. The van der Waals surface area contributed by atoms with Crippen LogP contribution in [0.15, 0.2) is 0 Å². The highest BCUT2D eigenvalue weighted by atomic mass is 16.6. The summed E-state index contributed by atoms with van der Waals surface area (Å²) in [4.78, 5) is 20.9. The van der Waals surface area contributed by atoms with Crippen LogP contribution in [0, 0.1) is 0 Å². The number of alkyl carbamates (subject to hydrolysis) is 1. The van der Waals surface area contributed by atoms with E-state index >= 15 is 0 Å². The van der Waals surface area contributed by atoms with Crippen molar-refractivity contribution >= 4 is 12.2 Å². The first-order valence-corrected chi connectivity index (χ1v) is 12.5. The van der Waals surface area contributed by atoms with Crippen LogP contribution in [-0.2, 0) is 9.47 Å². The summed E-state index contributed by atoms with van der Waals surface area (Å²) in [5, 5.41) is 14.6. The van der Waals surface area contributed by atoms with Gasteiger partial charge >= 0.3 is 6.09 Å². The zero-order valence-electron chi connectivity index (χ0n) is 20.2. The summed E-state index contributed by atoms with van der Waals surface area (Å²) >= 11 is 0. The van der Waals surface area contributed by atoms with Gasteiger partial charge in [-0.1, -0.05) is 90.9 Å². The van der Waals surface area contributed by atoms with Crippen molar-refractivity contribution in [2.24, 2.45) is 0 Å². The molecule has 1 saturated heterocycles. The molecule has 2 atom stereocenters. The number of rotatable bonds is 17. The van der Waals surface area contributed by atoms with Gasteiger partial charge in [0.25, 0.3) is 0 Å². The van der Waals surface area contributed by atoms with Crippen molar-refractivity contribution in [1.29, 1.82) is 0 Å². The Hall–Kier alpha value is -1.50. The Balaban J connectivity index is 0.000000842. The summed E-state index contributed by atoms with van der Waals surface area (Å²) in [6, 6.07) is 0. The summed E-state index contributed by atoms with van der Waals surface area (Å²) in [6.45, 7) is 4.87. The maximum atomic E-state index is 11.1. The predicted octanol–water partition coefficient (Wildman–Crippen LogP) is 5.27. The number of amides is 2. The highest BCUT2D eigenvalue weighted by molar-refractivity contribution is 5.67. The molecule has 1 fully saturated rings. The second kappa shape index (κ2) is 21.7. The van der Waals surface area contributed by atoms with Crippen molar-refractivity contribution in [2.75, 3.05) is 13.7 Å². The quantitative estimate of drug-likeness (QED) is 0.236. The van der Waals surface area contributed by atoms with Gasteiger partial charge in [0.2, 0.25) is 0 Å². The van der Waals surface area contributed by atoms with Crippen LogP contribution in [0.25, 0.3) is 0 Å². The Morgan fingerprint density at radius 1 is 1.03 bits per heavy atom. The number of cyclic esters (lactones) is 1. The molecule has 0 aromatic rings. The number of carboxylic acid groups (broad SMARTS) is 1. The van der Waals surface area contributed by atoms with E-state index < -0.39 is 12.3 Å². The molecule has 0 radical (unpaired) electrons. The number of hydrogen-bond acceptors (Lipinski definition) is 5. The van der Waals surface area contributed by atoms with Gasteiger partial charge in [-0.25, -0.2) is 4.79 Å². The van der Waals surface area contributed by atoms with Gasteiger partial charge in [0.05, 0.1) is 0 Å². The molecule has 2 unspecified atom stereocenters. The largest absolute Gasteiger partial charge is 0.530 e. The molecule has 1 aliphatic heterocycles. The summed E-state index contributed by atoms with van der Waals surface area (Å²) in [5.41, 5.74) is 0. The monoisotopic (exact) mass is 443 g/mol. The Labute approximate surface area is 190 Å². The lowest BCUT2D eigenvalue weighted by atomic mass is 10.0. The molecule has 7 heteroatoms. The van der Waals surface area contributed by atoms with Gasteiger partial charge in [-0.15, -0.1) is 0 Å². The highest BCUT2D eigenvalue weighted by Crippen LogP contribution is 2.16. The van der Waals surface area contributed by atoms with Crippen LogP contribution in [0.4, 0.5) is 9.59 Å². The molecule has 0 bridgehead atoms. The van der Waals surface area contributed by atoms with Gasteiger partial charge in [-0.3, -0.25) is 0 Å². The fourth-order valence-electron chi connectivity index (χ4n) is 3.64. The molecule has 0 aromatic carbocycles. The van der Waals surface area contributed by atoms with Gasteiger partial charge in [0.1, 0.15) is 18.4 Å². The van der Waals surface area contributed by atoms with E-state index in [1.54, 1.807) is 0 Å². The van der Waals surface area contributed by atoms with Gasteiger partial charge in [-0.2, -0.15) is 0 Å². The average molecular weight is 444 g/mol. The van der Waals surface area contributed by atoms with E-state index in [4.69, 9.17) is 4.74 Å². The van der Waals surface area contributed by atoms with E-state index in [1.165, 1.54) is 90.6 Å². The van der Waals surface area contributed by atoms with Gasteiger partial charge in [-0.05, 0) is 19.3 Å². The third-order valence-electron chi connectivity index (χ3n) is 5.57. The van der Waals surface area contributed by atoms with Crippen LogP contribution >= 0.6 is 0 Å². The molecule has 184 valence electrons. The molecule has 2 amide bonds. The molecule has 0 aliphatic carbocycles. The number of carbonyl (C=O) groups excluding carboxylic acids is 2. The van der Waals surface area contributed by atoms with E-state index in [-0.39, 0.29) is 12.2 Å². The average Bonchev–Trinajstić information content (AvgIpc) is 2.75. The number of nitrogens with one attached hydrogen (secondary N) is 2. The smallest absolute Gasteiger partial charge is 0.407 e. The van der Waals surface area contributed by atoms with E-state index in [1.807, 2.05) is 6.92 Å². The topological polar surface area (TPSA) is 99.7 Å². The molecule has 31 heavy (non-hydrogen) atoms. The first-order chi connectivity index (χ1) is 15.0. The van der Waals surface area contributed by atoms with Crippen LogP contribution in [0.3, 0.4) is 0 Å². The van der Waals surface area contributed by atoms with Gasteiger partial charge in [0.15, 0.2) is 0 Å². The van der Waals surface area contributed by atoms with Crippen molar-refractivity contribution in [3.63, 3.8) is 0 Å². The minimum absolute atomic E-state index is 0.168. The SMILES string of the molecule is CCC(NC(=O)[O-])OC.CCCCCCCCCCCCCCCC1CCNC(=O)O1. The van der Waals surface area contributed by atoms with Gasteiger partial charge < -0.3 is 30.0 Å². The summed E-state index contributed by atoms with van der Waals surface area (Å²) in [5.74, 6) is 0. The Bertz CT molecular complexity index is 430. The van der Waals surface area contributed by atoms with Gasteiger partial charge in [0, 0.05) is 20.1 Å². The maximum absolute atomic E-state index is 11.1. The molecule has 0 saturated carbocycles. The third kappa shape index (κ3) is 20.2. The first-order valence-electron chi connectivity index (χ1n) is 12.5. The minimum Gasteiger partial charge on any atom is -0.530 e. The summed E-state index contributed by atoms with van der Waals surface area (Å²) < 4.78 is 9.92. The lowest BCUT2D eigenvalue weighted by Gasteiger charge is -2.22. The second-order valence-electron chi connectivity index (χ2n) is 8.34. The highest BCUT2D eigenvalue weighted by Gasteiger charge is 2.18. The van der Waals surface area contributed by atoms with Crippen molar-refractivity contribution in [3.05, 3.63) is 0 Å². The molecular weight excluding hydrogens is 396 g/mol. The van der Waals surface area contributed by atoms with Crippen molar-refractivity contribution < 1.29 is 24.2 Å². The van der Waals surface area contributed by atoms with Crippen molar-refractivity contribution in [2.45, 2.75) is 129 Å². The van der Waals surface area contributed by atoms with E-state index in [0.29, 0.717) is 6.42 Å². The number of carbonyl (C=O) groups is 2. The van der Waals surface area contributed by atoms with E-state index in [0.717, 1.165) is 19.4 Å². The van der Waals surface area contributed by atoms with E-state index in [2.05, 4.69) is 22.3 Å². The molecule has 0 aromatic heterocycles. The molecule has 7 nitrogen and oxygen atoms in total. The number of unbranched alkanes of at least 4 members (excludes halogenated alkanes) is 12. The lowest BCUT2D eigenvalue weighted by molar-refractivity contribution is -0.254. The molecular formula is C24H47N2O5-. The first kappa shape index (κ1) is 29.5. The van der Waals surface area contributed by atoms with Crippen LogP contribution in [-0.4, -0.2) is 38.2 Å². The Morgan fingerprint density at radius 3 is 1.94 bits per heavy atom. The summed E-state index contributed by atoms with van der Waals surface area (Å²) in [6.07, 6.45) is 18.8. The Kier molecular flexibility index (Phi) is 20.7. The zero-order valence-corrected chi connectivity index (χ0v) is 20.2. The molecule has 1 heterocycles. The maximum Gasteiger partial charge on any atom is 0.407 e. The molecule has 2 N–H and O–H groups in total. The minimum atomic E-state index is -1.30. The van der Waals surface area contributed by atoms with Crippen molar-refractivity contribution in [3.8, 4) is 0 Å². The van der Waals surface area contributed by atoms with Crippen LogP contribution in [0.2, 0.25) is 0 Å². The molecule has 1 rings (SSSR count). The number of methoxy groups -OCH3 is 1. The molecule has 1 aliphatic rings.